The van der Waals surface area contributed by atoms with Crippen LogP contribution >= 0.6 is 11.3 Å². The number of hydrogen-bond donors (Lipinski definition) is 1. The minimum atomic E-state index is 0.659. The number of aryl methyl sites for hydroxylation is 1. The maximum Gasteiger partial charge on any atom is 0.194 e. The molecule has 1 aromatic carbocycles. The Morgan fingerprint density at radius 2 is 2.09 bits per heavy atom. The second-order valence-corrected chi connectivity index (χ2v) is 6.17. The van der Waals surface area contributed by atoms with Crippen molar-refractivity contribution < 1.29 is 4.74 Å². The van der Waals surface area contributed by atoms with Crippen LogP contribution in [0.5, 0.6) is 5.75 Å². The van der Waals surface area contributed by atoms with Gasteiger partial charge in [-0.15, -0.1) is 11.3 Å². The third-order valence-electron chi connectivity index (χ3n) is 3.49. The van der Waals surface area contributed by atoms with Crippen molar-refractivity contribution in [3.05, 3.63) is 45.9 Å². The minimum Gasteiger partial charge on any atom is -0.497 e. The number of guanidine groups is 1. The Balaban J connectivity index is 2.04. The molecule has 0 fully saturated rings. The van der Waals surface area contributed by atoms with E-state index in [-0.39, 0.29) is 0 Å². The Bertz CT molecular complexity index is 636. The van der Waals surface area contributed by atoms with Crippen LogP contribution in [0.2, 0.25) is 0 Å². The van der Waals surface area contributed by atoms with Gasteiger partial charge in [0.25, 0.3) is 0 Å². The van der Waals surface area contributed by atoms with Crippen molar-refractivity contribution in [3.8, 4) is 5.75 Å². The molecule has 0 amide bonds. The maximum atomic E-state index is 5.20. The van der Waals surface area contributed by atoms with Crippen LogP contribution in [0.1, 0.15) is 23.1 Å². The fraction of sp³-hybridized carbons (Fsp3) is 0.412. The second-order valence-electron chi connectivity index (χ2n) is 5.24. The molecule has 1 heterocycles. The second kappa shape index (κ2) is 8.53. The predicted molar refractivity (Wildman–Crippen MR) is 96.1 cm³/mol. The van der Waals surface area contributed by atoms with Gasteiger partial charge in [0.1, 0.15) is 5.75 Å². The van der Waals surface area contributed by atoms with E-state index in [4.69, 9.17) is 9.73 Å². The van der Waals surface area contributed by atoms with Crippen LogP contribution in [0.25, 0.3) is 0 Å². The van der Waals surface area contributed by atoms with Gasteiger partial charge in [-0.2, -0.15) is 0 Å². The summed E-state index contributed by atoms with van der Waals surface area (Å²) >= 11 is 1.65. The lowest BCUT2D eigenvalue weighted by Crippen LogP contribution is -2.38. The molecule has 1 N–H and O–H groups in total. The molecule has 0 bridgehead atoms. The highest BCUT2D eigenvalue weighted by Crippen LogP contribution is 2.14. The average Bonchev–Trinajstić information content (AvgIpc) is 2.97. The number of ether oxygens (including phenoxy) is 1. The van der Waals surface area contributed by atoms with Gasteiger partial charge in [0, 0.05) is 25.0 Å². The lowest BCUT2D eigenvalue weighted by Gasteiger charge is -2.22. The molecule has 23 heavy (non-hydrogen) atoms. The molecule has 0 saturated carbocycles. The zero-order valence-electron chi connectivity index (χ0n) is 14.2. The third-order valence-corrected chi connectivity index (χ3v) is 4.41. The molecule has 2 rings (SSSR count). The van der Waals surface area contributed by atoms with E-state index >= 15 is 0 Å². The van der Waals surface area contributed by atoms with Gasteiger partial charge in [-0.25, -0.2) is 9.98 Å². The van der Waals surface area contributed by atoms with Crippen molar-refractivity contribution >= 4 is 17.3 Å². The first-order valence-electron chi connectivity index (χ1n) is 7.65. The Labute approximate surface area is 142 Å². The van der Waals surface area contributed by atoms with E-state index in [1.165, 1.54) is 10.4 Å². The maximum absolute atomic E-state index is 5.20. The molecule has 2 aromatic rings. The van der Waals surface area contributed by atoms with Gasteiger partial charge < -0.3 is 15.0 Å². The van der Waals surface area contributed by atoms with E-state index < -0.39 is 0 Å². The zero-order chi connectivity index (χ0) is 16.7. The topological polar surface area (TPSA) is 49.8 Å². The monoisotopic (exact) mass is 332 g/mol. The highest BCUT2D eigenvalue weighted by atomic mass is 32.1. The van der Waals surface area contributed by atoms with Crippen LogP contribution in [-0.2, 0) is 13.1 Å². The van der Waals surface area contributed by atoms with Gasteiger partial charge in [0.15, 0.2) is 5.96 Å². The summed E-state index contributed by atoms with van der Waals surface area (Å²) in [7, 11) is 3.73. The Morgan fingerprint density at radius 3 is 2.65 bits per heavy atom. The summed E-state index contributed by atoms with van der Waals surface area (Å²) in [6.07, 6.45) is 0. The van der Waals surface area contributed by atoms with Gasteiger partial charge in [0.2, 0.25) is 0 Å². The van der Waals surface area contributed by atoms with Crippen LogP contribution < -0.4 is 10.1 Å². The summed E-state index contributed by atoms with van der Waals surface area (Å²) in [5.41, 5.74) is 4.15. The molecule has 124 valence electrons. The summed E-state index contributed by atoms with van der Waals surface area (Å²) in [6.45, 7) is 6.39. The third kappa shape index (κ3) is 4.96. The fourth-order valence-electron chi connectivity index (χ4n) is 2.17. The zero-order valence-corrected chi connectivity index (χ0v) is 15.0. The molecule has 6 heteroatoms. The molecule has 0 aliphatic carbocycles. The largest absolute Gasteiger partial charge is 0.497 e. The highest BCUT2D eigenvalue weighted by Gasteiger charge is 2.08. The van der Waals surface area contributed by atoms with Crippen molar-refractivity contribution in [1.82, 2.24) is 15.2 Å². The first kappa shape index (κ1) is 17.3. The first-order chi connectivity index (χ1) is 11.1. The highest BCUT2D eigenvalue weighted by molar-refractivity contribution is 7.09. The fourth-order valence-corrected chi connectivity index (χ4v) is 2.87. The predicted octanol–water partition coefficient (Wildman–Crippen LogP) is 3.06. The standard InChI is InChI=1S/C17H24N4OS/c1-5-18-17(19-10-16-13(2)20-12-23-16)21(3)11-14-6-8-15(22-4)9-7-14/h6-9,12H,5,10-11H2,1-4H3,(H,18,19). The lowest BCUT2D eigenvalue weighted by atomic mass is 10.2. The molecule has 0 unspecified atom stereocenters. The molecule has 5 nitrogen and oxygen atoms in total. The van der Waals surface area contributed by atoms with Gasteiger partial charge in [-0.05, 0) is 31.5 Å². The summed E-state index contributed by atoms with van der Waals surface area (Å²) < 4.78 is 5.20. The summed E-state index contributed by atoms with van der Waals surface area (Å²) in [4.78, 5) is 12.3. The molecule has 0 atom stereocenters. The van der Waals surface area contributed by atoms with Gasteiger partial charge in [0.05, 0.1) is 24.9 Å². The van der Waals surface area contributed by atoms with Crippen LogP contribution in [0.3, 0.4) is 0 Å². The number of nitrogens with zero attached hydrogens (tertiary/aromatic N) is 3. The molecule has 0 radical (unpaired) electrons. The SMILES string of the molecule is CCNC(=NCc1scnc1C)N(C)Cc1ccc(OC)cc1. The lowest BCUT2D eigenvalue weighted by molar-refractivity contribution is 0.414. The van der Waals surface area contributed by atoms with Gasteiger partial charge >= 0.3 is 0 Å². The van der Waals surface area contributed by atoms with Crippen LogP contribution in [0.15, 0.2) is 34.8 Å². The van der Waals surface area contributed by atoms with E-state index in [9.17, 15) is 0 Å². The molecule has 0 aliphatic rings. The summed E-state index contributed by atoms with van der Waals surface area (Å²) in [5.74, 6) is 1.77. The number of nitrogens with one attached hydrogen (secondary N) is 1. The summed E-state index contributed by atoms with van der Waals surface area (Å²) in [5, 5.41) is 3.34. The first-order valence-corrected chi connectivity index (χ1v) is 8.53. The van der Waals surface area contributed by atoms with Crippen molar-refractivity contribution in [2.75, 3.05) is 20.7 Å². The number of hydrogen-bond acceptors (Lipinski definition) is 4. The number of benzene rings is 1. The van der Waals surface area contributed by atoms with Crippen LogP contribution in [0, 0.1) is 6.92 Å². The van der Waals surface area contributed by atoms with Crippen LogP contribution in [0.4, 0.5) is 0 Å². The van der Waals surface area contributed by atoms with E-state index in [0.29, 0.717) is 6.54 Å². The smallest absolute Gasteiger partial charge is 0.194 e. The minimum absolute atomic E-state index is 0.659. The van der Waals surface area contributed by atoms with E-state index in [0.717, 1.165) is 30.5 Å². The van der Waals surface area contributed by atoms with E-state index in [1.807, 2.05) is 31.6 Å². The number of thiazole rings is 1. The van der Waals surface area contributed by atoms with Gasteiger partial charge in [-0.1, -0.05) is 12.1 Å². The number of aromatic nitrogens is 1. The van der Waals surface area contributed by atoms with Crippen LogP contribution in [-0.4, -0.2) is 36.5 Å². The van der Waals surface area contributed by atoms with Crippen molar-refractivity contribution in [2.45, 2.75) is 26.9 Å². The molecule has 0 aliphatic heterocycles. The van der Waals surface area contributed by atoms with E-state index in [2.05, 4.69) is 34.3 Å². The molecule has 0 saturated heterocycles. The number of aliphatic imine (C=N–C) groups is 1. The number of methoxy groups -OCH3 is 1. The Morgan fingerprint density at radius 1 is 1.35 bits per heavy atom. The van der Waals surface area contributed by atoms with Crippen molar-refractivity contribution in [1.29, 1.82) is 0 Å². The molecule has 1 aromatic heterocycles. The van der Waals surface area contributed by atoms with E-state index in [1.54, 1.807) is 18.4 Å². The molecule has 0 spiro atoms. The quantitative estimate of drug-likeness (QED) is 0.652. The summed E-state index contributed by atoms with van der Waals surface area (Å²) in [6, 6.07) is 8.11. The Kier molecular flexibility index (Phi) is 6.40. The van der Waals surface area contributed by atoms with Gasteiger partial charge in [-0.3, -0.25) is 0 Å². The number of rotatable bonds is 6. The molecular formula is C17H24N4OS. The van der Waals surface area contributed by atoms with Crippen molar-refractivity contribution in [3.63, 3.8) is 0 Å². The normalized spacial score (nSPS) is 11.4. The average molecular weight is 332 g/mol. The van der Waals surface area contributed by atoms with Crippen molar-refractivity contribution in [2.24, 2.45) is 4.99 Å². The molecular weight excluding hydrogens is 308 g/mol. The Hall–Kier alpha value is -2.08.